The highest BCUT2D eigenvalue weighted by atomic mass is 32.2. The van der Waals surface area contributed by atoms with E-state index < -0.39 is 16.1 Å². The highest BCUT2D eigenvalue weighted by Gasteiger charge is 2.28. The van der Waals surface area contributed by atoms with Gasteiger partial charge in [0, 0.05) is 13.1 Å². The summed E-state index contributed by atoms with van der Waals surface area (Å²) < 4.78 is 35.3. The fraction of sp³-hybridized carbons (Fsp3) is 0.269. The Hall–Kier alpha value is -3.16. The molecule has 0 saturated carbocycles. The quantitative estimate of drug-likeness (QED) is 0.565. The van der Waals surface area contributed by atoms with Crippen molar-refractivity contribution < 1.29 is 17.9 Å². The number of aryl methyl sites for hydroxylation is 1. The van der Waals surface area contributed by atoms with E-state index in [-0.39, 0.29) is 16.4 Å². The van der Waals surface area contributed by atoms with Crippen molar-refractivity contribution in [3.63, 3.8) is 0 Å². The van der Waals surface area contributed by atoms with Gasteiger partial charge in [-0.05, 0) is 54.7 Å². The van der Waals surface area contributed by atoms with Crippen LogP contribution in [0.4, 0.5) is 0 Å². The molecule has 0 aliphatic carbocycles. The van der Waals surface area contributed by atoms with Crippen LogP contribution in [0.15, 0.2) is 77.7 Å². The average Bonchev–Trinajstić information content (AvgIpc) is 3.38. The fourth-order valence-corrected chi connectivity index (χ4v) is 5.43. The van der Waals surface area contributed by atoms with Crippen molar-refractivity contribution in [1.82, 2.24) is 9.62 Å². The van der Waals surface area contributed by atoms with Crippen molar-refractivity contribution in [3.05, 3.63) is 95.1 Å². The van der Waals surface area contributed by atoms with Gasteiger partial charge in [0.15, 0.2) is 0 Å². The molecule has 1 atom stereocenters. The predicted octanol–water partition coefficient (Wildman–Crippen LogP) is 4.31. The highest BCUT2D eigenvalue weighted by Crippen LogP contribution is 2.29. The molecule has 172 valence electrons. The number of hydrogen-bond donors (Lipinski definition) is 1. The fourth-order valence-electron chi connectivity index (χ4n) is 4.20. The molecule has 0 aromatic heterocycles. The lowest BCUT2D eigenvalue weighted by Gasteiger charge is -2.22. The molecule has 1 aliphatic rings. The van der Waals surface area contributed by atoms with Crippen molar-refractivity contribution in [3.8, 4) is 5.75 Å². The van der Waals surface area contributed by atoms with Crippen molar-refractivity contribution in [1.29, 1.82) is 0 Å². The zero-order valence-electron chi connectivity index (χ0n) is 18.8. The van der Waals surface area contributed by atoms with Gasteiger partial charge in [-0.1, -0.05) is 54.6 Å². The van der Waals surface area contributed by atoms with Crippen molar-refractivity contribution in [2.45, 2.75) is 30.7 Å². The third-order valence-electron chi connectivity index (χ3n) is 6.01. The first kappa shape index (κ1) is 23.0. The molecule has 0 radical (unpaired) electrons. The van der Waals surface area contributed by atoms with Crippen LogP contribution in [0.5, 0.6) is 5.75 Å². The lowest BCUT2D eigenvalue weighted by Crippen LogP contribution is -2.31. The zero-order valence-corrected chi connectivity index (χ0v) is 19.6. The Morgan fingerprint density at radius 1 is 0.970 bits per heavy atom. The molecule has 1 N–H and O–H groups in total. The summed E-state index contributed by atoms with van der Waals surface area (Å²) in [6.07, 6.45) is 1.89. The minimum Gasteiger partial charge on any atom is -0.496 e. The number of ether oxygens (including phenoxy) is 1. The van der Waals surface area contributed by atoms with Crippen molar-refractivity contribution in [2.75, 3.05) is 20.2 Å². The summed E-state index contributed by atoms with van der Waals surface area (Å²) in [7, 11) is -2.48. The van der Waals surface area contributed by atoms with Gasteiger partial charge in [-0.3, -0.25) is 4.79 Å². The smallest absolute Gasteiger partial charge is 0.257 e. The maximum atomic E-state index is 13.5. The van der Waals surface area contributed by atoms with Gasteiger partial charge in [-0.2, -0.15) is 4.72 Å². The summed E-state index contributed by atoms with van der Waals surface area (Å²) in [5.41, 5.74) is 2.94. The van der Waals surface area contributed by atoms with Crippen LogP contribution in [-0.4, -0.2) is 39.4 Å². The Labute approximate surface area is 195 Å². The number of nitrogens with one attached hydrogen (secondary N) is 1. The standard InChI is InChI=1S/C26H28N2O4S/c1-19-10-6-7-13-22(19)25(20-11-4-3-5-12-20)27-33(30,31)21-14-15-24(32-2)23(18-21)26(29)28-16-8-9-17-28/h3-7,10-15,18,25,27H,8-9,16-17H2,1-2H3/t25-/m1/s1. The summed E-state index contributed by atoms with van der Waals surface area (Å²) in [4.78, 5) is 14.8. The first-order valence-corrected chi connectivity index (χ1v) is 12.5. The van der Waals surface area contributed by atoms with Crippen molar-refractivity contribution in [2.24, 2.45) is 0 Å². The number of likely N-dealkylation sites (tertiary alicyclic amines) is 1. The largest absolute Gasteiger partial charge is 0.496 e. The molecule has 6 nitrogen and oxygen atoms in total. The second kappa shape index (κ2) is 9.77. The molecular formula is C26H28N2O4S. The third kappa shape index (κ3) is 4.94. The number of methoxy groups -OCH3 is 1. The number of carbonyl (C=O) groups is 1. The molecule has 3 aromatic carbocycles. The van der Waals surface area contributed by atoms with E-state index in [1.807, 2.05) is 61.5 Å². The van der Waals surface area contributed by atoms with Crippen LogP contribution in [0, 0.1) is 6.92 Å². The molecule has 33 heavy (non-hydrogen) atoms. The van der Waals surface area contributed by atoms with E-state index in [2.05, 4.69) is 4.72 Å². The number of rotatable bonds is 7. The summed E-state index contributed by atoms with van der Waals surface area (Å²) in [5, 5.41) is 0. The van der Waals surface area contributed by atoms with Crippen LogP contribution in [0.1, 0.15) is 45.9 Å². The van der Waals surface area contributed by atoms with Gasteiger partial charge in [-0.25, -0.2) is 8.42 Å². The Morgan fingerprint density at radius 3 is 2.30 bits per heavy atom. The zero-order chi connectivity index (χ0) is 23.4. The Kier molecular flexibility index (Phi) is 6.81. The molecule has 3 aromatic rings. The topological polar surface area (TPSA) is 75.7 Å². The van der Waals surface area contributed by atoms with Crippen LogP contribution in [-0.2, 0) is 10.0 Å². The van der Waals surface area contributed by atoms with Crippen molar-refractivity contribution >= 4 is 15.9 Å². The second-order valence-corrected chi connectivity index (χ2v) is 9.90. The normalized spacial score (nSPS) is 14.8. The maximum Gasteiger partial charge on any atom is 0.257 e. The van der Waals surface area contributed by atoms with Gasteiger partial charge in [0.2, 0.25) is 10.0 Å². The first-order valence-electron chi connectivity index (χ1n) is 11.0. The summed E-state index contributed by atoms with van der Waals surface area (Å²) in [6, 6.07) is 21.0. The molecule has 4 rings (SSSR count). The number of sulfonamides is 1. The van der Waals surface area contributed by atoms with Gasteiger partial charge >= 0.3 is 0 Å². The number of amides is 1. The Bertz CT molecular complexity index is 1240. The lowest BCUT2D eigenvalue weighted by molar-refractivity contribution is 0.0789. The van der Waals surface area contributed by atoms with Gasteiger partial charge < -0.3 is 9.64 Å². The summed E-state index contributed by atoms with van der Waals surface area (Å²) in [5.74, 6) is 0.157. The maximum absolute atomic E-state index is 13.5. The summed E-state index contributed by atoms with van der Waals surface area (Å²) in [6.45, 7) is 3.29. The number of nitrogens with zero attached hydrogens (tertiary/aromatic N) is 1. The minimum absolute atomic E-state index is 0.0281. The molecular weight excluding hydrogens is 436 g/mol. The molecule has 0 unspecified atom stereocenters. The number of carbonyl (C=O) groups excluding carboxylic acids is 1. The predicted molar refractivity (Wildman–Crippen MR) is 128 cm³/mol. The lowest BCUT2D eigenvalue weighted by atomic mass is 9.96. The van der Waals surface area contributed by atoms with E-state index in [1.54, 1.807) is 11.0 Å². The van der Waals surface area contributed by atoms with E-state index in [9.17, 15) is 13.2 Å². The molecule has 1 amide bonds. The minimum atomic E-state index is -3.95. The monoisotopic (exact) mass is 464 g/mol. The van der Waals surface area contributed by atoms with Gasteiger partial charge in [-0.15, -0.1) is 0 Å². The Morgan fingerprint density at radius 2 is 1.64 bits per heavy atom. The van der Waals surface area contributed by atoms with Crippen LogP contribution < -0.4 is 9.46 Å². The molecule has 0 spiro atoms. The van der Waals surface area contributed by atoms with E-state index in [0.717, 1.165) is 29.5 Å². The van der Waals surface area contributed by atoms with Gasteiger partial charge in [0.05, 0.1) is 23.6 Å². The van der Waals surface area contributed by atoms with E-state index >= 15 is 0 Å². The molecule has 7 heteroatoms. The van der Waals surface area contributed by atoms with Crippen LogP contribution >= 0.6 is 0 Å². The molecule has 1 saturated heterocycles. The molecule has 1 aliphatic heterocycles. The van der Waals surface area contributed by atoms with Gasteiger partial charge in [0.1, 0.15) is 5.75 Å². The number of benzene rings is 3. The van der Waals surface area contributed by atoms with Crippen LogP contribution in [0.2, 0.25) is 0 Å². The average molecular weight is 465 g/mol. The van der Waals surface area contributed by atoms with E-state index in [1.165, 1.54) is 19.2 Å². The van der Waals surface area contributed by atoms with E-state index in [4.69, 9.17) is 4.74 Å². The van der Waals surface area contributed by atoms with Crippen LogP contribution in [0.25, 0.3) is 0 Å². The molecule has 0 bridgehead atoms. The molecule has 1 heterocycles. The summed E-state index contributed by atoms with van der Waals surface area (Å²) >= 11 is 0. The highest BCUT2D eigenvalue weighted by molar-refractivity contribution is 7.89. The first-order chi connectivity index (χ1) is 15.9. The SMILES string of the molecule is COc1ccc(S(=O)(=O)N[C@H](c2ccccc2)c2ccccc2C)cc1C(=O)N1CCCC1. The van der Waals surface area contributed by atoms with E-state index in [0.29, 0.717) is 18.8 Å². The number of hydrogen-bond acceptors (Lipinski definition) is 4. The second-order valence-electron chi connectivity index (χ2n) is 8.18. The van der Waals surface area contributed by atoms with Crippen LogP contribution in [0.3, 0.4) is 0 Å². The Balaban J connectivity index is 1.73. The van der Waals surface area contributed by atoms with Gasteiger partial charge in [0.25, 0.3) is 5.91 Å². The molecule has 1 fully saturated rings. The third-order valence-corrected chi connectivity index (χ3v) is 7.43.